The van der Waals surface area contributed by atoms with Gasteiger partial charge in [0.05, 0.1) is 35.2 Å². The average molecular weight is 714 g/mol. The summed E-state index contributed by atoms with van der Waals surface area (Å²) in [5, 5.41) is 14.1. The third-order valence-electron chi connectivity index (χ3n) is 10.7. The monoisotopic (exact) mass is 713 g/mol. The van der Waals surface area contributed by atoms with Crippen molar-refractivity contribution in [2.24, 2.45) is 23.2 Å². The van der Waals surface area contributed by atoms with Gasteiger partial charge in [-0.1, -0.05) is 0 Å². The highest BCUT2D eigenvalue weighted by Gasteiger charge is 2.61. The molecule has 11 nitrogen and oxygen atoms in total. The lowest BCUT2D eigenvalue weighted by Gasteiger charge is -2.58. The molecule has 2 amide bonds. The maximum absolute atomic E-state index is 14.2. The molecule has 7 rings (SSSR count). The minimum Gasteiger partial charge on any atom is -0.355 e. The fraction of sp³-hybridized carbons (Fsp3) is 0.688. The van der Waals surface area contributed by atoms with Crippen molar-refractivity contribution < 1.29 is 40.3 Å². The molecule has 4 fully saturated rings. The van der Waals surface area contributed by atoms with E-state index >= 15 is 0 Å². The SMILES string of the molecule is CCn1nccc1C(=O)N[C@H](c1cn2nc(C[C@H]3C[C@@H](C(F)(F)F)CNC3=O)c(CN3CC4(C3)CC(F)(F)C4)nc2n1)C1CCC(F)(F)CC1. The quantitative estimate of drug-likeness (QED) is 0.308. The molecule has 1 spiro atoms. The molecule has 4 aliphatic rings. The number of alkyl halides is 7. The van der Waals surface area contributed by atoms with Crippen LogP contribution in [0, 0.1) is 23.2 Å². The zero-order valence-corrected chi connectivity index (χ0v) is 27.3. The third kappa shape index (κ3) is 6.91. The van der Waals surface area contributed by atoms with E-state index in [0.29, 0.717) is 31.0 Å². The van der Waals surface area contributed by atoms with Gasteiger partial charge in [-0.2, -0.15) is 23.4 Å². The largest absolute Gasteiger partial charge is 0.393 e. The average Bonchev–Trinajstić information content (AvgIpc) is 3.66. The van der Waals surface area contributed by atoms with Crippen molar-refractivity contribution in [2.75, 3.05) is 19.6 Å². The molecule has 3 aromatic rings. The van der Waals surface area contributed by atoms with Crippen LogP contribution in [0.5, 0.6) is 0 Å². The Bertz CT molecular complexity index is 1750. The second-order valence-electron chi connectivity index (χ2n) is 14.6. The van der Waals surface area contributed by atoms with Crippen LogP contribution >= 0.6 is 0 Å². The molecular formula is C32H38F7N9O2. The molecule has 0 radical (unpaired) electrons. The van der Waals surface area contributed by atoms with E-state index in [9.17, 15) is 40.3 Å². The summed E-state index contributed by atoms with van der Waals surface area (Å²) in [7, 11) is 0. The van der Waals surface area contributed by atoms with Crippen molar-refractivity contribution in [1.82, 2.24) is 44.9 Å². The molecule has 272 valence electrons. The highest BCUT2D eigenvalue weighted by atomic mass is 19.4. The highest BCUT2D eigenvalue weighted by Crippen LogP contribution is 2.57. The number of carbonyl (C=O) groups excluding carboxylic acids is 2. The molecule has 3 atom stereocenters. The van der Waals surface area contributed by atoms with E-state index in [1.54, 1.807) is 6.07 Å². The Morgan fingerprint density at radius 2 is 1.80 bits per heavy atom. The first-order valence-corrected chi connectivity index (χ1v) is 16.9. The molecule has 2 saturated carbocycles. The lowest BCUT2D eigenvalue weighted by molar-refractivity contribution is -0.215. The van der Waals surface area contributed by atoms with E-state index < -0.39 is 72.0 Å². The molecule has 2 saturated heterocycles. The number of hydrogen-bond acceptors (Lipinski definition) is 7. The Kier molecular flexibility index (Phi) is 8.61. The van der Waals surface area contributed by atoms with Gasteiger partial charge in [-0.05, 0) is 38.2 Å². The fourth-order valence-corrected chi connectivity index (χ4v) is 8.21. The summed E-state index contributed by atoms with van der Waals surface area (Å²) in [6.45, 7) is 2.67. The lowest BCUT2D eigenvalue weighted by Crippen LogP contribution is -2.65. The molecule has 3 aromatic heterocycles. The predicted octanol–water partition coefficient (Wildman–Crippen LogP) is 4.73. The van der Waals surface area contributed by atoms with Crippen LogP contribution in [-0.2, 0) is 24.3 Å². The maximum Gasteiger partial charge on any atom is 0.393 e. The van der Waals surface area contributed by atoms with Gasteiger partial charge >= 0.3 is 6.18 Å². The summed E-state index contributed by atoms with van der Waals surface area (Å²) in [6, 6.07) is 0.743. The predicted molar refractivity (Wildman–Crippen MR) is 162 cm³/mol. The van der Waals surface area contributed by atoms with Crippen LogP contribution in [0.15, 0.2) is 18.5 Å². The van der Waals surface area contributed by atoms with E-state index in [4.69, 9.17) is 4.98 Å². The Morgan fingerprint density at radius 1 is 1.08 bits per heavy atom. The maximum atomic E-state index is 14.2. The summed E-state index contributed by atoms with van der Waals surface area (Å²) in [5.41, 5.74) is 0.714. The number of aryl methyl sites for hydroxylation is 1. The first-order valence-electron chi connectivity index (χ1n) is 16.9. The number of carbonyl (C=O) groups is 2. The van der Waals surface area contributed by atoms with E-state index in [0.717, 1.165) is 0 Å². The summed E-state index contributed by atoms with van der Waals surface area (Å²) in [5.74, 6) is -9.59. The Labute approximate surface area is 282 Å². The molecule has 0 unspecified atom stereocenters. The number of fused-ring (bicyclic) bond motifs is 1. The number of nitrogens with one attached hydrogen (secondary N) is 2. The summed E-state index contributed by atoms with van der Waals surface area (Å²) in [4.78, 5) is 37.5. The standard InChI is InChI=1S/C32H38F7N9O2/c1-2-47-24(5-8-41-47)27(50)44-25(18-3-6-30(33,34)7-4-18)23-13-48-28(43-23)42-22(12-46-16-29(17-46)14-31(35,36)15-29)21(45-48)10-19-9-20(32(37,38)39)11-40-26(19)49/h5,8,13,18-20,25H,2-4,6-7,9-12,14-17H2,1H3,(H,40,49)(H,44,50)/t19-,20-,25+/m1/s1. The van der Waals surface area contributed by atoms with Crippen molar-refractivity contribution in [1.29, 1.82) is 0 Å². The summed E-state index contributed by atoms with van der Waals surface area (Å²) < 4.78 is 99.4. The normalized spacial score (nSPS) is 25.6. The van der Waals surface area contributed by atoms with Gasteiger partial charge in [0.1, 0.15) is 5.69 Å². The fourth-order valence-electron chi connectivity index (χ4n) is 8.21. The number of likely N-dealkylation sites (tertiary alicyclic amines) is 1. The summed E-state index contributed by atoms with van der Waals surface area (Å²) >= 11 is 0. The second kappa shape index (κ2) is 12.4. The smallest absolute Gasteiger partial charge is 0.355 e. The van der Waals surface area contributed by atoms with Crippen LogP contribution in [-0.4, -0.2) is 83.7 Å². The Morgan fingerprint density at radius 3 is 2.46 bits per heavy atom. The van der Waals surface area contributed by atoms with E-state index in [1.165, 1.54) is 21.6 Å². The minimum atomic E-state index is -4.50. The van der Waals surface area contributed by atoms with Crippen LogP contribution in [0.2, 0.25) is 0 Å². The Hall–Kier alpha value is -3.83. The number of hydrogen-bond donors (Lipinski definition) is 2. The van der Waals surface area contributed by atoms with E-state index in [1.807, 2.05) is 11.8 Å². The van der Waals surface area contributed by atoms with Gasteiger partial charge in [-0.15, -0.1) is 0 Å². The third-order valence-corrected chi connectivity index (χ3v) is 10.7. The van der Waals surface area contributed by atoms with E-state index in [2.05, 4.69) is 25.8 Å². The molecule has 5 heterocycles. The number of aromatic nitrogens is 6. The zero-order chi connectivity index (χ0) is 35.6. The topological polar surface area (TPSA) is 122 Å². The molecular weight excluding hydrogens is 675 g/mol. The van der Waals surface area contributed by atoms with Crippen LogP contribution in [0.4, 0.5) is 30.7 Å². The molecule has 2 aliphatic heterocycles. The van der Waals surface area contributed by atoms with Crippen molar-refractivity contribution in [3.05, 3.63) is 41.2 Å². The Balaban J connectivity index is 1.20. The van der Waals surface area contributed by atoms with Crippen molar-refractivity contribution in [3.8, 4) is 0 Å². The molecule has 18 heteroatoms. The number of nitrogens with zero attached hydrogens (tertiary/aromatic N) is 7. The number of piperidine rings is 1. The van der Waals surface area contributed by atoms with Crippen molar-refractivity contribution in [2.45, 2.75) is 95.4 Å². The van der Waals surface area contributed by atoms with Gasteiger partial charge in [0.15, 0.2) is 0 Å². The van der Waals surface area contributed by atoms with Crippen molar-refractivity contribution in [3.63, 3.8) is 0 Å². The van der Waals surface area contributed by atoms with Gasteiger partial charge in [0.2, 0.25) is 17.8 Å². The van der Waals surface area contributed by atoms with Crippen LogP contribution in [0.3, 0.4) is 0 Å². The molecule has 2 N–H and O–H groups in total. The molecule has 0 bridgehead atoms. The minimum absolute atomic E-state index is 0.101. The van der Waals surface area contributed by atoms with E-state index in [-0.39, 0.29) is 68.7 Å². The first-order chi connectivity index (χ1) is 23.5. The van der Waals surface area contributed by atoms with Gasteiger partial charge in [-0.3, -0.25) is 19.2 Å². The van der Waals surface area contributed by atoms with Gasteiger partial charge in [0.25, 0.3) is 11.7 Å². The second-order valence-corrected chi connectivity index (χ2v) is 14.6. The van der Waals surface area contributed by atoms with Crippen LogP contribution < -0.4 is 10.6 Å². The van der Waals surface area contributed by atoms with Crippen molar-refractivity contribution >= 4 is 17.6 Å². The number of halogens is 7. The molecule has 50 heavy (non-hydrogen) atoms. The zero-order valence-electron chi connectivity index (χ0n) is 27.3. The first kappa shape index (κ1) is 34.6. The lowest BCUT2D eigenvalue weighted by atomic mass is 9.61. The van der Waals surface area contributed by atoms with Gasteiger partial charge in [0, 0.05) is 82.4 Å². The van der Waals surface area contributed by atoms with Crippen LogP contribution in [0.25, 0.3) is 5.78 Å². The molecule has 2 aliphatic carbocycles. The van der Waals surface area contributed by atoms with Gasteiger partial charge in [-0.25, -0.2) is 32.0 Å². The highest BCUT2D eigenvalue weighted by molar-refractivity contribution is 5.92. The number of amides is 2. The van der Waals surface area contributed by atoms with Gasteiger partial charge < -0.3 is 10.6 Å². The van der Waals surface area contributed by atoms with Crippen LogP contribution in [0.1, 0.15) is 85.5 Å². The molecule has 0 aromatic carbocycles. The number of rotatable bonds is 9. The summed E-state index contributed by atoms with van der Waals surface area (Å²) in [6.07, 6.45) is -3.00. The number of imidazole rings is 1.